The summed E-state index contributed by atoms with van der Waals surface area (Å²) < 4.78 is 12.3. The molecule has 0 aromatic heterocycles. The van der Waals surface area contributed by atoms with Crippen LogP contribution in [0, 0.1) is 13.8 Å². The van der Waals surface area contributed by atoms with Crippen molar-refractivity contribution in [3.63, 3.8) is 0 Å². The minimum Gasteiger partial charge on any atom is -0.494 e. The van der Waals surface area contributed by atoms with E-state index in [9.17, 15) is 0 Å². The van der Waals surface area contributed by atoms with E-state index in [2.05, 4.69) is 86.6 Å². The standard InChI is InChI=1S/C39H42N6O2S2/c1-26-12-16-28(17-13-26)34-24-36(44(42-34)38(40)48)30-8-6-10-32(22-30)46-20-4-3-5-21-47-33-11-7-9-31(23-33)37-25-35(43-45(37)39(41)49)29-18-14-27(2)15-19-29/h6-19,22-23,36-37H,3-5,20-21,24-25H2,1-2H3,(H2,40,48)(H2,41,49). The Balaban J connectivity index is 0.961. The Labute approximate surface area is 299 Å². The quantitative estimate of drug-likeness (QED) is 0.115. The van der Waals surface area contributed by atoms with Gasteiger partial charge in [0.1, 0.15) is 11.5 Å². The van der Waals surface area contributed by atoms with Gasteiger partial charge in [-0.15, -0.1) is 0 Å². The molecule has 2 aliphatic rings. The van der Waals surface area contributed by atoms with Gasteiger partial charge >= 0.3 is 0 Å². The molecular formula is C39H42N6O2S2. The summed E-state index contributed by atoms with van der Waals surface area (Å²) in [4.78, 5) is 0. The number of hydrazone groups is 2. The van der Waals surface area contributed by atoms with Gasteiger partial charge in [-0.25, -0.2) is 10.0 Å². The molecule has 0 saturated carbocycles. The number of benzene rings is 4. The van der Waals surface area contributed by atoms with Crippen LogP contribution in [0.4, 0.5) is 0 Å². The lowest BCUT2D eigenvalue weighted by molar-refractivity contribution is 0.278. The molecule has 10 heteroatoms. The summed E-state index contributed by atoms with van der Waals surface area (Å²) in [5, 5.41) is 13.5. The van der Waals surface area contributed by atoms with E-state index < -0.39 is 0 Å². The first-order valence-corrected chi connectivity index (χ1v) is 17.5. The molecule has 4 aromatic carbocycles. The molecule has 0 saturated heterocycles. The summed E-state index contributed by atoms with van der Waals surface area (Å²) in [5.41, 5.74) is 20.8. The fourth-order valence-electron chi connectivity index (χ4n) is 6.17. The second-order valence-corrected chi connectivity index (χ2v) is 13.4. The first kappa shape index (κ1) is 34.1. The molecule has 4 aromatic rings. The van der Waals surface area contributed by atoms with Gasteiger partial charge in [-0.1, -0.05) is 83.9 Å². The molecule has 8 nitrogen and oxygen atoms in total. The normalized spacial score (nSPS) is 17.1. The van der Waals surface area contributed by atoms with Crippen LogP contribution in [0.25, 0.3) is 0 Å². The number of hydrogen-bond acceptors (Lipinski definition) is 6. The van der Waals surface area contributed by atoms with Crippen LogP contribution in [0.5, 0.6) is 11.5 Å². The van der Waals surface area contributed by atoms with E-state index >= 15 is 0 Å². The molecule has 0 radical (unpaired) electrons. The minimum atomic E-state index is -0.0700. The van der Waals surface area contributed by atoms with Gasteiger partial charge in [-0.05, 0) is 104 Å². The molecule has 2 aliphatic heterocycles. The Morgan fingerprint density at radius 3 is 1.43 bits per heavy atom. The molecule has 0 fully saturated rings. The zero-order chi connectivity index (χ0) is 34.3. The first-order chi connectivity index (χ1) is 23.7. The Kier molecular flexibility index (Phi) is 10.9. The van der Waals surface area contributed by atoms with Crippen molar-refractivity contribution in [2.75, 3.05) is 13.2 Å². The summed E-state index contributed by atoms with van der Waals surface area (Å²) in [6, 6.07) is 32.9. The average molecular weight is 691 g/mol. The van der Waals surface area contributed by atoms with Crippen molar-refractivity contribution in [3.8, 4) is 11.5 Å². The topological polar surface area (TPSA) is 102 Å². The lowest BCUT2D eigenvalue weighted by Crippen LogP contribution is -2.31. The maximum atomic E-state index is 6.14. The van der Waals surface area contributed by atoms with Gasteiger partial charge in [0.25, 0.3) is 0 Å². The molecule has 2 unspecified atom stereocenters. The lowest BCUT2D eigenvalue weighted by Gasteiger charge is -2.22. The van der Waals surface area contributed by atoms with Crippen LogP contribution in [0.15, 0.2) is 107 Å². The predicted molar refractivity (Wildman–Crippen MR) is 205 cm³/mol. The Bertz CT molecular complexity index is 1720. The van der Waals surface area contributed by atoms with Crippen molar-refractivity contribution >= 4 is 46.1 Å². The summed E-state index contributed by atoms with van der Waals surface area (Å²) in [6.45, 7) is 5.39. The summed E-state index contributed by atoms with van der Waals surface area (Å²) in [7, 11) is 0. The number of nitrogens with zero attached hydrogens (tertiary/aromatic N) is 4. The number of aryl methyl sites for hydroxylation is 2. The van der Waals surface area contributed by atoms with Crippen LogP contribution in [-0.2, 0) is 0 Å². The number of ether oxygens (including phenoxy) is 2. The molecule has 49 heavy (non-hydrogen) atoms. The van der Waals surface area contributed by atoms with Gasteiger partial charge in [0.05, 0.1) is 36.7 Å². The van der Waals surface area contributed by atoms with Crippen LogP contribution in [0.1, 0.15) is 77.6 Å². The molecule has 2 heterocycles. The van der Waals surface area contributed by atoms with Crippen LogP contribution >= 0.6 is 24.4 Å². The van der Waals surface area contributed by atoms with E-state index in [1.165, 1.54) is 11.1 Å². The summed E-state index contributed by atoms with van der Waals surface area (Å²) in [5.74, 6) is 1.65. The predicted octanol–water partition coefficient (Wildman–Crippen LogP) is 7.72. The molecule has 0 spiro atoms. The van der Waals surface area contributed by atoms with E-state index in [1.807, 2.05) is 24.3 Å². The third-order valence-electron chi connectivity index (χ3n) is 8.85. The Hall–Kier alpha value is -4.80. The molecule has 0 amide bonds. The van der Waals surface area contributed by atoms with Gasteiger partial charge in [0, 0.05) is 12.8 Å². The number of hydrogen-bond donors (Lipinski definition) is 2. The zero-order valence-corrected chi connectivity index (χ0v) is 29.6. The van der Waals surface area contributed by atoms with Gasteiger partial charge in [-0.2, -0.15) is 10.2 Å². The molecule has 0 bridgehead atoms. The van der Waals surface area contributed by atoms with Crippen LogP contribution in [0.2, 0.25) is 0 Å². The number of unbranched alkanes of at least 4 members (excludes halogenated alkanes) is 2. The van der Waals surface area contributed by atoms with Crippen LogP contribution < -0.4 is 20.9 Å². The van der Waals surface area contributed by atoms with E-state index in [-0.39, 0.29) is 22.3 Å². The van der Waals surface area contributed by atoms with Crippen molar-refractivity contribution in [2.24, 2.45) is 21.7 Å². The Morgan fingerprint density at radius 1 is 0.633 bits per heavy atom. The van der Waals surface area contributed by atoms with E-state index in [1.54, 1.807) is 10.0 Å². The molecule has 2 atom stereocenters. The number of thiocarbonyl (C=S) groups is 2. The number of rotatable bonds is 12. The SMILES string of the molecule is Cc1ccc(C2=NN(C(N)=S)C(c3cccc(OCCCCCOc4cccc(C5CC(c6ccc(C)cc6)=NN5C(N)=S)c4)c3)C2)cc1. The highest BCUT2D eigenvalue weighted by molar-refractivity contribution is 7.80. The zero-order valence-electron chi connectivity index (χ0n) is 27.9. The van der Waals surface area contributed by atoms with E-state index in [0.29, 0.717) is 26.1 Å². The smallest absolute Gasteiger partial charge is 0.187 e. The fraction of sp³-hybridized carbons (Fsp3) is 0.282. The van der Waals surface area contributed by atoms with Crippen molar-refractivity contribution in [2.45, 2.75) is 58.0 Å². The second-order valence-electron chi connectivity index (χ2n) is 12.5. The molecular weight excluding hydrogens is 649 g/mol. The van der Waals surface area contributed by atoms with Gasteiger partial charge in [0.2, 0.25) is 0 Å². The largest absolute Gasteiger partial charge is 0.494 e. The highest BCUT2D eigenvalue weighted by Gasteiger charge is 2.32. The fourth-order valence-corrected chi connectivity index (χ4v) is 6.51. The van der Waals surface area contributed by atoms with Crippen LogP contribution in [0.3, 0.4) is 0 Å². The summed E-state index contributed by atoms with van der Waals surface area (Å²) >= 11 is 10.7. The van der Waals surface area contributed by atoms with Crippen molar-refractivity contribution in [1.29, 1.82) is 0 Å². The minimum absolute atomic E-state index is 0.0700. The molecule has 6 rings (SSSR count). The lowest BCUT2D eigenvalue weighted by atomic mass is 9.98. The molecule has 4 N–H and O–H groups in total. The highest BCUT2D eigenvalue weighted by Crippen LogP contribution is 2.35. The van der Waals surface area contributed by atoms with Gasteiger partial charge < -0.3 is 20.9 Å². The van der Waals surface area contributed by atoms with Crippen molar-refractivity contribution in [1.82, 2.24) is 10.0 Å². The maximum Gasteiger partial charge on any atom is 0.187 e. The van der Waals surface area contributed by atoms with Crippen molar-refractivity contribution in [3.05, 3.63) is 130 Å². The van der Waals surface area contributed by atoms with E-state index in [4.69, 9.17) is 55.6 Å². The third kappa shape index (κ3) is 8.44. The van der Waals surface area contributed by atoms with Gasteiger partial charge in [-0.3, -0.25) is 0 Å². The highest BCUT2D eigenvalue weighted by atomic mass is 32.1. The average Bonchev–Trinajstić information content (AvgIpc) is 3.76. The Morgan fingerprint density at radius 2 is 1.04 bits per heavy atom. The van der Waals surface area contributed by atoms with Crippen LogP contribution in [-0.4, -0.2) is 44.9 Å². The van der Waals surface area contributed by atoms with Gasteiger partial charge in [0.15, 0.2) is 10.2 Å². The molecule has 0 aliphatic carbocycles. The maximum absolute atomic E-state index is 6.14. The third-order valence-corrected chi connectivity index (χ3v) is 9.23. The first-order valence-electron chi connectivity index (χ1n) is 16.7. The number of nitrogens with two attached hydrogens (primary N) is 2. The molecule has 252 valence electrons. The van der Waals surface area contributed by atoms with E-state index in [0.717, 1.165) is 64.4 Å². The summed E-state index contributed by atoms with van der Waals surface area (Å²) in [6.07, 6.45) is 4.25. The second kappa shape index (κ2) is 15.6. The van der Waals surface area contributed by atoms with Crippen molar-refractivity contribution < 1.29 is 9.47 Å². The monoisotopic (exact) mass is 690 g/mol.